The fourth-order valence-corrected chi connectivity index (χ4v) is 3.88. The van der Waals surface area contributed by atoms with Gasteiger partial charge in [0.05, 0.1) is 35.4 Å². The molecule has 2 aromatic carbocycles. The molecule has 0 radical (unpaired) electrons. The number of nitrogens with zero attached hydrogens (tertiary/aromatic N) is 4. The zero-order chi connectivity index (χ0) is 21.8. The van der Waals surface area contributed by atoms with Crippen molar-refractivity contribution >= 4 is 5.91 Å². The van der Waals surface area contributed by atoms with E-state index in [1.165, 1.54) is 0 Å². The first kappa shape index (κ1) is 20.6. The van der Waals surface area contributed by atoms with Crippen LogP contribution in [0.15, 0.2) is 66.9 Å². The maximum atomic E-state index is 13.0. The lowest BCUT2D eigenvalue weighted by Gasteiger charge is -2.09. The Hall–Kier alpha value is -3.67. The minimum atomic E-state index is -0.109. The zero-order valence-corrected chi connectivity index (χ0v) is 18.2. The van der Waals surface area contributed by atoms with Gasteiger partial charge in [-0.15, -0.1) is 0 Å². The fourth-order valence-electron chi connectivity index (χ4n) is 3.88. The minimum Gasteiger partial charge on any atom is -0.348 e. The van der Waals surface area contributed by atoms with E-state index in [-0.39, 0.29) is 5.91 Å². The van der Waals surface area contributed by atoms with Crippen molar-refractivity contribution in [2.75, 3.05) is 0 Å². The smallest absolute Gasteiger partial charge is 0.255 e. The summed E-state index contributed by atoms with van der Waals surface area (Å²) in [6.45, 7) is 7.14. The highest BCUT2D eigenvalue weighted by Gasteiger charge is 2.18. The van der Waals surface area contributed by atoms with Crippen molar-refractivity contribution in [1.29, 1.82) is 0 Å². The van der Waals surface area contributed by atoms with E-state index in [9.17, 15) is 4.79 Å². The van der Waals surface area contributed by atoms with Gasteiger partial charge in [-0.2, -0.15) is 10.2 Å². The average Bonchev–Trinajstić information content (AvgIpc) is 3.33. The molecule has 0 saturated heterocycles. The summed E-state index contributed by atoms with van der Waals surface area (Å²) < 4.78 is 3.83. The number of nitrogens with one attached hydrogen (secondary N) is 1. The summed E-state index contributed by atoms with van der Waals surface area (Å²) in [5, 5.41) is 12.2. The molecule has 0 aliphatic rings. The topological polar surface area (TPSA) is 64.7 Å². The Labute approximate surface area is 182 Å². The fraction of sp³-hybridized carbons (Fsp3) is 0.240. The molecule has 0 fully saturated rings. The Balaban J connectivity index is 1.50. The monoisotopic (exact) mass is 413 g/mol. The molecule has 0 atom stereocenters. The Bertz CT molecular complexity index is 1180. The predicted octanol–water partition coefficient (Wildman–Crippen LogP) is 4.23. The highest BCUT2D eigenvalue weighted by Crippen LogP contribution is 2.18. The van der Waals surface area contributed by atoms with Gasteiger partial charge in [0.2, 0.25) is 0 Å². The van der Waals surface area contributed by atoms with Crippen molar-refractivity contribution in [3.05, 3.63) is 101 Å². The van der Waals surface area contributed by atoms with Gasteiger partial charge in [0.1, 0.15) is 0 Å². The Morgan fingerprint density at radius 3 is 2.35 bits per heavy atom. The Morgan fingerprint density at radius 1 is 1.00 bits per heavy atom. The summed E-state index contributed by atoms with van der Waals surface area (Å²) in [5.41, 5.74) is 6.71. The predicted molar refractivity (Wildman–Crippen MR) is 121 cm³/mol. The van der Waals surface area contributed by atoms with Gasteiger partial charge in [0, 0.05) is 17.8 Å². The van der Waals surface area contributed by atoms with Crippen molar-refractivity contribution in [3.63, 3.8) is 0 Å². The minimum absolute atomic E-state index is 0.109. The molecule has 0 bridgehead atoms. The first-order chi connectivity index (χ1) is 15.1. The molecule has 6 heteroatoms. The average molecular weight is 414 g/mol. The maximum absolute atomic E-state index is 13.0. The molecule has 2 aromatic heterocycles. The SMILES string of the molecule is CCc1c(C(=O)NCc2c(C)nn(-c3ccccc3)c2C)cnn1Cc1ccccc1. The number of carbonyl (C=O) groups is 1. The van der Waals surface area contributed by atoms with E-state index in [1.54, 1.807) is 6.20 Å². The molecule has 0 aliphatic heterocycles. The summed E-state index contributed by atoms with van der Waals surface area (Å²) >= 11 is 0. The van der Waals surface area contributed by atoms with E-state index in [1.807, 2.05) is 78.7 Å². The quantitative estimate of drug-likeness (QED) is 0.493. The number of aromatic nitrogens is 4. The molecule has 1 amide bonds. The van der Waals surface area contributed by atoms with Gasteiger partial charge in [-0.3, -0.25) is 9.48 Å². The van der Waals surface area contributed by atoms with Crippen molar-refractivity contribution < 1.29 is 4.79 Å². The maximum Gasteiger partial charge on any atom is 0.255 e. The van der Waals surface area contributed by atoms with Crippen molar-refractivity contribution in [2.45, 2.75) is 40.3 Å². The van der Waals surface area contributed by atoms with Crippen LogP contribution < -0.4 is 5.32 Å². The first-order valence-electron chi connectivity index (χ1n) is 10.6. The molecule has 31 heavy (non-hydrogen) atoms. The van der Waals surface area contributed by atoms with E-state index in [4.69, 9.17) is 0 Å². The van der Waals surface area contributed by atoms with Crippen molar-refractivity contribution in [3.8, 4) is 5.69 Å². The van der Waals surface area contributed by atoms with Crippen LogP contribution in [0.4, 0.5) is 0 Å². The van der Waals surface area contributed by atoms with Gasteiger partial charge in [-0.25, -0.2) is 4.68 Å². The zero-order valence-electron chi connectivity index (χ0n) is 18.2. The van der Waals surface area contributed by atoms with Gasteiger partial charge in [0.25, 0.3) is 5.91 Å². The van der Waals surface area contributed by atoms with E-state index >= 15 is 0 Å². The highest BCUT2D eigenvalue weighted by molar-refractivity contribution is 5.95. The number of aryl methyl sites for hydroxylation is 1. The first-order valence-corrected chi connectivity index (χ1v) is 10.6. The summed E-state index contributed by atoms with van der Waals surface area (Å²) in [6.07, 6.45) is 2.41. The van der Waals surface area contributed by atoms with Gasteiger partial charge in [0.15, 0.2) is 0 Å². The third kappa shape index (κ3) is 4.28. The molecule has 0 aliphatic carbocycles. The molecule has 4 aromatic rings. The molecule has 4 rings (SSSR count). The van der Waals surface area contributed by atoms with Crippen LogP contribution in [0, 0.1) is 13.8 Å². The molecule has 2 heterocycles. The molecule has 158 valence electrons. The second-order valence-electron chi connectivity index (χ2n) is 7.58. The number of para-hydroxylation sites is 1. The molecule has 1 N–H and O–H groups in total. The van der Waals surface area contributed by atoms with Crippen LogP contribution in [-0.4, -0.2) is 25.5 Å². The third-order valence-electron chi connectivity index (χ3n) is 5.57. The van der Waals surface area contributed by atoms with E-state index in [2.05, 4.69) is 27.6 Å². The van der Waals surface area contributed by atoms with Crippen molar-refractivity contribution in [1.82, 2.24) is 24.9 Å². The summed E-state index contributed by atoms with van der Waals surface area (Å²) in [7, 11) is 0. The number of amides is 1. The van der Waals surface area contributed by atoms with Crippen LogP contribution in [0.25, 0.3) is 5.69 Å². The van der Waals surface area contributed by atoms with Crippen LogP contribution >= 0.6 is 0 Å². The molecule has 0 saturated carbocycles. The van der Waals surface area contributed by atoms with E-state index < -0.39 is 0 Å². The Kier molecular flexibility index (Phi) is 5.98. The summed E-state index contributed by atoms with van der Waals surface area (Å²) in [6, 6.07) is 20.2. The standard InChI is InChI=1S/C25H27N5O/c1-4-24-23(16-27-29(24)17-20-11-7-5-8-12-20)25(31)26-15-22-18(2)28-30(19(22)3)21-13-9-6-10-14-21/h5-14,16H,4,15,17H2,1-3H3,(H,26,31). The van der Waals surface area contributed by atoms with Crippen LogP contribution in [0.2, 0.25) is 0 Å². The number of carbonyl (C=O) groups excluding carboxylic acids is 1. The number of rotatable bonds is 7. The number of hydrogen-bond acceptors (Lipinski definition) is 3. The molecule has 0 spiro atoms. The second-order valence-corrected chi connectivity index (χ2v) is 7.58. The van der Waals surface area contributed by atoms with Gasteiger partial charge >= 0.3 is 0 Å². The molecular formula is C25H27N5O. The van der Waals surface area contributed by atoms with Crippen LogP contribution in [0.1, 0.15) is 45.5 Å². The summed E-state index contributed by atoms with van der Waals surface area (Å²) in [5.74, 6) is -0.109. The van der Waals surface area contributed by atoms with Crippen molar-refractivity contribution in [2.24, 2.45) is 0 Å². The van der Waals surface area contributed by atoms with E-state index in [0.29, 0.717) is 18.7 Å². The number of benzene rings is 2. The number of hydrogen-bond donors (Lipinski definition) is 1. The summed E-state index contributed by atoms with van der Waals surface area (Å²) in [4.78, 5) is 13.0. The second kappa shape index (κ2) is 9.00. The van der Waals surface area contributed by atoms with Crippen LogP contribution in [0.5, 0.6) is 0 Å². The van der Waals surface area contributed by atoms with Gasteiger partial charge < -0.3 is 5.32 Å². The lowest BCUT2D eigenvalue weighted by atomic mass is 10.1. The van der Waals surface area contributed by atoms with Crippen LogP contribution in [-0.2, 0) is 19.5 Å². The Morgan fingerprint density at radius 2 is 1.68 bits per heavy atom. The highest BCUT2D eigenvalue weighted by atomic mass is 16.1. The molecular weight excluding hydrogens is 386 g/mol. The molecule has 0 unspecified atom stereocenters. The third-order valence-corrected chi connectivity index (χ3v) is 5.57. The normalized spacial score (nSPS) is 10.9. The molecule has 6 nitrogen and oxygen atoms in total. The van der Waals surface area contributed by atoms with Crippen LogP contribution in [0.3, 0.4) is 0 Å². The van der Waals surface area contributed by atoms with E-state index in [0.717, 1.165) is 40.3 Å². The lowest BCUT2D eigenvalue weighted by molar-refractivity contribution is 0.0949. The van der Waals surface area contributed by atoms with Gasteiger partial charge in [-0.05, 0) is 38.0 Å². The lowest BCUT2D eigenvalue weighted by Crippen LogP contribution is -2.24. The van der Waals surface area contributed by atoms with Gasteiger partial charge in [-0.1, -0.05) is 55.5 Å². The largest absolute Gasteiger partial charge is 0.348 e.